The summed E-state index contributed by atoms with van der Waals surface area (Å²) >= 11 is 0. The Hall–Kier alpha value is -0.340. The van der Waals surface area contributed by atoms with Gasteiger partial charge in [0.05, 0.1) is 12.2 Å². The van der Waals surface area contributed by atoms with E-state index in [1.54, 1.807) is 5.57 Å². The lowest BCUT2D eigenvalue weighted by Gasteiger charge is -2.60. The molecule has 3 saturated carbocycles. The molecule has 184 valence electrons. The van der Waals surface area contributed by atoms with Gasteiger partial charge in [-0.05, 0) is 97.2 Å². The Morgan fingerprint density at radius 3 is 2.38 bits per heavy atom. The number of hydrogen-bond acceptors (Lipinski definition) is 2. The van der Waals surface area contributed by atoms with E-state index in [2.05, 4.69) is 54.5 Å². The summed E-state index contributed by atoms with van der Waals surface area (Å²) in [6.07, 6.45) is 12.9. The molecule has 0 aromatic carbocycles. The SMILES string of the molecule is CCC(CCC(C)C1CCC2C3=CCC4C(C)C(O)CCC4(C)C3C(O)CC21C)C(C)C. The van der Waals surface area contributed by atoms with Crippen LogP contribution in [-0.4, -0.2) is 22.4 Å². The highest BCUT2D eigenvalue weighted by molar-refractivity contribution is 5.30. The summed E-state index contributed by atoms with van der Waals surface area (Å²) in [6.45, 7) is 16.9. The van der Waals surface area contributed by atoms with Crippen molar-refractivity contribution < 1.29 is 10.2 Å². The van der Waals surface area contributed by atoms with E-state index >= 15 is 0 Å². The zero-order valence-electron chi connectivity index (χ0n) is 22.1. The molecule has 0 heterocycles. The molecular weight excluding hydrogens is 392 g/mol. The average molecular weight is 445 g/mol. The molecule has 11 atom stereocenters. The fourth-order valence-corrected chi connectivity index (χ4v) is 9.73. The van der Waals surface area contributed by atoms with E-state index < -0.39 is 0 Å². The number of aliphatic hydroxyl groups is 2. The largest absolute Gasteiger partial charge is 0.393 e. The zero-order chi connectivity index (χ0) is 23.4. The Balaban J connectivity index is 1.55. The van der Waals surface area contributed by atoms with Crippen LogP contribution in [0.2, 0.25) is 0 Å². The van der Waals surface area contributed by atoms with Gasteiger partial charge in [-0.2, -0.15) is 0 Å². The maximum absolute atomic E-state index is 11.7. The van der Waals surface area contributed by atoms with Crippen LogP contribution in [0.1, 0.15) is 106 Å². The van der Waals surface area contributed by atoms with Crippen molar-refractivity contribution >= 4 is 0 Å². The summed E-state index contributed by atoms with van der Waals surface area (Å²) in [4.78, 5) is 0. The van der Waals surface area contributed by atoms with E-state index in [0.717, 1.165) is 49.4 Å². The van der Waals surface area contributed by atoms with Gasteiger partial charge in [0.1, 0.15) is 0 Å². The normalized spacial score (nSPS) is 47.9. The van der Waals surface area contributed by atoms with Gasteiger partial charge in [0.2, 0.25) is 0 Å². The lowest BCUT2D eigenvalue weighted by molar-refractivity contribution is -0.119. The summed E-state index contributed by atoms with van der Waals surface area (Å²) in [6, 6.07) is 0. The number of hydrogen-bond donors (Lipinski definition) is 2. The van der Waals surface area contributed by atoms with Crippen molar-refractivity contribution in [3.8, 4) is 0 Å². The van der Waals surface area contributed by atoms with E-state index in [9.17, 15) is 10.2 Å². The van der Waals surface area contributed by atoms with E-state index in [0.29, 0.717) is 23.7 Å². The smallest absolute Gasteiger partial charge is 0.0616 e. The van der Waals surface area contributed by atoms with Crippen LogP contribution < -0.4 is 0 Å². The highest BCUT2D eigenvalue weighted by atomic mass is 16.3. The second-order valence-electron chi connectivity index (χ2n) is 13.5. The van der Waals surface area contributed by atoms with Gasteiger partial charge in [-0.25, -0.2) is 0 Å². The quantitative estimate of drug-likeness (QED) is 0.424. The lowest BCUT2D eigenvalue weighted by atomic mass is 9.45. The topological polar surface area (TPSA) is 40.5 Å². The van der Waals surface area contributed by atoms with Gasteiger partial charge in [0, 0.05) is 5.92 Å². The van der Waals surface area contributed by atoms with Gasteiger partial charge >= 0.3 is 0 Å². The van der Waals surface area contributed by atoms with Crippen molar-refractivity contribution in [2.24, 2.45) is 58.2 Å². The minimum absolute atomic E-state index is 0.152. The molecular formula is C30H52O2. The monoisotopic (exact) mass is 444 g/mol. The van der Waals surface area contributed by atoms with Gasteiger partial charge in [-0.1, -0.05) is 73.0 Å². The third-order valence-corrected chi connectivity index (χ3v) is 11.7. The molecule has 0 saturated heterocycles. The van der Waals surface area contributed by atoms with Crippen LogP contribution in [0.15, 0.2) is 11.6 Å². The summed E-state index contributed by atoms with van der Waals surface area (Å²) in [7, 11) is 0. The highest BCUT2D eigenvalue weighted by Gasteiger charge is 2.61. The molecule has 0 radical (unpaired) electrons. The van der Waals surface area contributed by atoms with Crippen LogP contribution in [-0.2, 0) is 0 Å². The van der Waals surface area contributed by atoms with Crippen LogP contribution in [0.5, 0.6) is 0 Å². The molecule has 2 nitrogen and oxygen atoms in total. The molecule has 2 N–H and O–H groups in total. The van der Waals surface area contributed by atoms with Gasteiger partial charge < -0.3 is 10.2 Å². The molecule has 0 amide bonds. The van der Waals surface area contributed by atoms with Crippen molar-refractivity contribution in [3.05, 3.63) is 11.6 Å². The predicted molar refractivity (Wildman–Crippen MR) is 134 cm³/mol. The molecule has 4 aliphatic carbocycles. The Labute approximate surface area is 198 Å². The standard InChI is InChI=1S/C30H52O2/c1-8-21(18(2)3)10-9-19(4)23-13-14-25-22-11-12-24-20(5)26(31)15-16-29(24,6)28(22)27(32)17-30(23,25)7/h11,18-21,23-28,31-32H,8-10,12-17H2,1-7H3. The third kappa shape index (κ3) is 3.84. The molecule has 0 aliphatic heterocycles. The van der Waals surface area contributed by atoms with Crippen LogP contribution >= 0.6 is 0 Å². The first-order chi connectivity index (χ1) is 15.0. The van der Waals surface area contributed by atoms with E-state index in [-0.39, 0.29) is 23.0 Å². The molecule has 0 bridgehead atoms. The number of allylic oxidation sites excluding steroid dienone is 1. The van der Waals surface area contributed by atoms with Crippen molar-refractivity contribution in [1.82, 2.24) is 0 Å². The molecule has 0 aromatic heterocycles. The first-order valence-corrected chi connectivity index (χ1v) is 14.1. The van der Waals surface area contributed by atoms with Gasteiger partial charge in [0.15, 0.2) is 0 Å². The first-order valence-electron chi connectivity index (χ1n) is 14.1. The van der Waals surface area contributed by atoms with E-state index in [4.69, 9.17) is 0 Å². The fourth-order valence-electron chi connectivity index (χ4n) is 9.73. The number of fused-ring (bicyclic) bond motifs is 5. The minimum Gasteiger partial charge on any atom is -0.393 e. The number of rotatable bonds is 6. The Morgan fingerprint density at radius 1 is 1.00 bits per heavy atom. The molecule has 3 fully saturated rings. The van der Waals surface area contributed by atoms with Gasteiger partial charge in [0.25, 0.3) is 0 Å². The molecule has 2 heteroatoms. The second kappa shape index (κ2) is 9.03. The van der Waals surface area contributed by atoms with Crippen molar-refractivity contribution in [1.29, 1.82) is 0 Å². The van der Waals surface area contributed by atoms with Crippen molar-refractivity contribution in [3.63, 3.8) is 0 Å². The Kier molecular flexibility index (Phi) is 6.99. The third-order valence-electron chi connectivity index (χ3n) is 11.7. The van der Waals surface area contributed by atoms with E-state index in [1.807, 2.05) is 0 Å². The highest BCUT2D eigenvalue weighted by Crippen LogP contribution is 2.67. The van der Waals surface area contributed by atoms with Gasteiger partial charge in [-0.15, -0.1) is 0 Å². The minimum atomic E-state index is -0.218. The van der Waals surface area contributed by atoms with Crippen LogP contribution in [0.3, 0.4) is 0 Å². The van der Waals surface area contributed by atoms with Crippen LogP contribution in [0.4, 0.5) is 0 Å². The molecule has 0 aromatic rings. The molecule has 4 rings (SSSR count). The van der Waals surface area contributed by atoms with Crippen LogP contribution in [0.25, 0.3) is 0 Å². The number of aliphatic hydroxyl groups excluding tert-OH is 2. The first kappa shape index (κ1) is 24.8. The fraction of sp³-hybridized carbons (Fsp3) is 0.933. The zero-order valence-corrected chi connectivity index (χ0v) is 22.1. The van der Waals surface area contributed by atoms with Crippen LogP contribution in [0, 0.1) is 58.2 Å². The summed E-state index contributed by atoms with van der Waals surface area (Å²) in [5, 5.41) is 22.2. The summed E-state index contributed by atoms with van der Waals surface area (Å²) in [5.74, 6) is 4.96. The predicted octanol–water partition coefficient (Wildman–Crippen LogP) is 7.24. The summed E-state index contributed by atoms with van der Waals surface area (Å²) < 4.78 is 0. The van der Waals surface area contributed by atoms with Crippen molar-refractivity contribution in [2.75, 3.05) is 0 Å². The second-order valence-corrected chi connectivity index (χ2v) is 13.5. The van der Waals surface area contributed by atoms with Gasteiger partial charge in [-0.3, -0.25) is 0 Å². The molecule has 32 heavy (non-hydrogen) atoms. The molecule has 0 spiro atoms. The van der Waals surface area contributed by atoms with E-state index in [1.165, 1.54) is 32.1 Å². The lowest BCUT2D eigenvalue weighted by Crippen LogP contribution is -2.57. The molecule has 11 unspecified atom stereocenters. The maximum Gasteiger partial charge on any atom is 0.0616 e. The summed E-state index contributed by atoms with van der Waals surface area (Å²) in [5.41, 5.74) is 2.03. The van der Waals surface area contributed by atoms with Crippen molar-refractivity contribution in [2.45, 2.75) is 118 Å². The maximum atomic E-state index is 11.7. The molecule has 4 aliphatic rings. The Morgan fingerprint density at radius 2 is 1.72 bits per heavy atom. The Bertz CT molecular complexity index is 697. The average Bonchev–Trinajstić information content (AvgIpc) is 3.07.